The molecule has 0 aliphatic rings. The normalized spacial score (nSPS) is 12.0. The molecule has 0 saturated heterocycles. The van der Waals surface area contributed by atoms with Crippen molar-refractivity contribution >= 4 is 0 Å². The molecule has 0 heterocycles. The van der Waals surface area contributed by atoms with Crippen LogP contribution in [0, 0.1) is 5.92 Å². The van der Waals surface area contributed by atoms with Gasteiger partial charge in [-0.15, -0.1) is 0 Å². The lowest BCUT2D eigenvalue weighted by Gasteiger charge is -2.01. The van der Waals surface area contributed by atoms with Gasteiger partial charge in [-0.1, -0.05) is 76.5 Å². The van der Waals surface area contributed by atoms with Gasteiger partial charge in [0.15, 0.2) is 0 Å². The van der Waals surface area contributed by atoms with Gasteiger partial charge in [-0.2, -0.15) is 0 Å². The highest BCUT2D eigenvalue weighted by Crippen LogP contribution is 2.08. The maximum Gasteiger partial charge on any atom is -0.0225 e. The molecular weight excluding hydrogens is 180 g/mol. The Morgan fingerprint density at radius 3 is 2.47 bits per heavy atom. The van der Waals surface area contributed by atoms with E-state index in [1.54, 1.807) is 0 Å². The summed E-state index contributed by atoms with van der Waals surface area (Å²) in [7, 11) is 0. The summed E-state index contributed by atoms with van der Waals surface area (Å²) in [6, 6.07) is 0. The predicted molar refractivity (Wildman–Crippen MR) is 71.0 cm³/mol. The monoisotopic (exact) mass is 206 g/mol. The molecule has 0 spiro atoms. The third-order valence-corrected chi connectivity index (χ3v) is 2.52. The summed E-state index contributed by atoms with van der Waals surface area (Å²) >= 11 is 0. The molecule has 86 valence electrons. The third-order valence-electron chi connectivity index (χ3n) is 2.52. The molecule has 0 atom stereocenters. The minimum Gasteiger partial charge on any atom is -0.0956 e. The topological polar surface area (TPSA) is 0 Å². The second-order valence-corrected chi connectivity index (χ2v) is 4.37. The van der Waals surface area contributed by atoms with E-state index in [2.05, 4.69) is 51.7 Å². The van der Waals surface area contributed by atoms with Crippen molar-refractivity contribution in [2.45, 2.75) is 52.9 Å². The lowest BCUT2D eigenvalue weighted by Crippen LogP contribution is -1.86. The summed E-state index contributed by atoms with van der Waals surface area (Å²) in [4.78, 5) is 0. The van der Waals surface area contributed by atoms with Crippen molar-refractivity contribution in [1.29, 1.82) is 0 Å². The number of rotatable bonds is 8. The number of unbranched alkanes of at least 4 members (excludes halogenated alkanes) is 4. The molecule has 0 aromatic heterocycles. The molecule has 0 aliphatic heterocycles. The van der Waals surface area contributed by atoms with E-state index in [9.17, 15) is 0 Å². The Hall–Kier alpha value is -0.780. The summed E-state index contributed by atoms with van der Waals surface area (Å²) in [6.45, 7) is 10.6. The summed E-state index contributed by atoms with van der Waals surface area (Å²) in [5.41, 5.74) is 1.20. The molecule has 0 nitrogen and oxygen atoms in total. The van der Waals surface area contributed by atoms with Crippen LogP contribution in [0.25, 0.3) is 0 Å². The van der Waals surface area contributed by atoms with Gasteiger partial charge in [0.1, 0.15) is 0 Å². The van der Waals surface area contributed by atoms with Crippen LogP contribution in [0.3, 0.4) is 0 Å². The molecule has 0 amide bonds. The number of allylic oxidation sites excluding steroid dienone is 5. The standard InChI is InChI=1S/C15H26/c1-5-6-7-8-9-10-11-12-13-15(4)14(2)3/h10-14H,4-9H2,1-3H3/b11-10-,13-12-. The van der Waals surface area contributed by atoms with Crippen LogP contribution in [0.1, 0.15) is 52.9 Å². The van der Waals surface area contributed by atoms with Gasteiger partial charge in [0.05, 0.1) is 0 Å². The van der Waals surface area contributed by atoms with Gasteiger partial charge in [-0.25, -0.2) is 0 Å². The van der Waals surface area contributed by atoms with Gasteiger partial charge in [-0.05, 0) is 18.8 Å². The van der Waals surface area contributed by atoms with Crippen LogP contribution in [0.4, 0.5) is 0 Å². The molecule has 0 unspecified atom stereocenters. The van der Waals surface area contributed by atoms with Crippen LogP contribution in [0.2, 0.25) is 0 Å². The summed E-state index contributed by atoms with van der Waals surface area (Å²) in [5, 5.41) is 0. The van der Waals surface area contributed by atoms with E-state index in [1.807, 2.05) is 0 Å². The fraction of sp³-hybridized carbons (Fsp3) is 0.600. The van der Waals surface area contributed by atoms with E-state index in [4.69, 9.17) is 0 Å². The third kappa shape index (κ3) is 9.52. The maximum atomic E-state index is 3.99. The Kier molecular flexibility index (Phi) is 9.26. The molecule has 0 radical (unpaired) electrons. The molecule has 0 aromatic carbocycles. The Bertz CT molecular complexity index is 206. The van der Waals surface area contributed by atoms with Gasteiger partial charge in [-0.3, -0.25) is 0 Å². The zero-order chi connectivity index (χ0) is 11.5. The first-order chi connectivity index (χ1) is 7.18. The van der Waals surface area contributed by atoms with E-state index in [-0.39, 0.29) is 0 Å². The van der Waals surface area contributed by atoms with Gasteiger partial charge in [0.25, 0.3) is 0 Å². The minimum absolute atomic E-state index is 0.555. The molecule has 0 fully saturated rings. The Morgan fingerprint density at radius 1 is 1.13 bits per heavy atom. The summed E-state index contributed by atoms with van der Waals surface area (Å²) in [6.07, 6.45) is 15.2. The van der Waals surface area contributed by atoms with Gasteiger partial charge >= 0.3 is 0 Å². The number of hydrogen-bond donors (Lipinski definition) is 0. The Balaban J connectivity index is 3.49. The van der Waals surface area contributed by atoms with E-state index in [1.165, 1.54) is 37.7 Å². The van der Waals surface area contributed by atoms with Crippen LogP contribution in [-0.2, 0) is 0 Å². The lowest BCUT2D eigenvalue weighted by molar-refractivity contribution is 0.674. The van der Waals surface area contributed by atoms with Crippen molar-refractivity contribution < 1.29 is 0 Å². The zero-order valence-electron chi connectivity index (χ0n) is 10.6. The molecule has 0 heteroatoms. The molecular formula is C15H26. The second-order valence-electron chi connectivity index (χ2n) is 4.37. The van der Waals surface area contributed by atoms with E-state index < -0.39 is 0 Å². The highest BCUT2D eigenvalue weighted by molar-refractivity contribution is 5.20. The van der Waals surface area contributed by atoms with Crippen molar-refractivity contribution in [2.24, 2.45) is 5.92 Å². The first-order valence-electron chi connectivity index (χ1n) is 6.20. The molecule has 0 aliphatic carbocycles. The van der Waals surface area contributed by atoms with Crippen LogP contribution < -0.4 is 0 Å². The molecule has 0 aromatic rings. The van der Waals surface area contributed by atoms with E-state index in [0.717, 1.165) is 0 Å². The zero-order valence-corrected chi connectivity index (χ0v) is 10.6. The van der Waals surface area contributed by atoms with Crippen LogP contribution in [0.5, 0.6) is 0 Å². The quantitative estimate of drug-likeness (QED) is 0.374. The average Bonchev–Trinajstić information content (AvgIpc) is 2.21. The van der Waals surface area contributed by atoms with Crippen LogP contribution >= 0.6 is 0 Å². The van der Waals surface area contributed by atoms with E-state index in [0.29, 0.717) is 5.92 Å². The first kappa shape index (κ1) is 14.2. The second kappa shape index (κ2) is 9.76. The molecule has 0 rings (SSSR count). The molecule has 0 N–H and O–H groups in total. The predicted octanol–water partition coefficient (Wildman–Crippen LogP) is 5.28. The van der Waals surface area contributed by atoms with Crippen molar-refractivity contribution in [3.8, 4) is 0 Å². The van der Waals surface area contributed by atoms with Crippen molar-refractivity contribution in [3.05, 3.63) is 36.5 Å². The molecule has 0 bridgehead atoms. The highest BCUT2D eigenvalue weighted by Gasteiger charge is 1.92. The fourth-order valence-electron chi connectivity index (χ4n) is 1.24. The van der Waals surface area contributed by atoms with Gasteiger partial charge < -0.3 is 0 Å². The SMILES string of the molecule is C=C(/C=C\C=C/CCCCCC)C(C)C. The first-order valence-corrected chi connectivity index (χ1v) is 6.20. The van der Waals surface area contributed by atoms with Crippen molar-refractivity contribution in [2.75, 3.05) is 0 Å². The number of hydrogen-bond acceptors (Lipinski definition) is 0. The van der Waals surface area contributed by atoms with Gasteiger partial charge in [0, 0.05) is 0 Å². The molecule has 0 saturated carbocycles. The maximum absolute atomic E-state index is 3.99. The van der Waals surface area contributed by atoms with Crippen molar-refractivity contribution in [1.82, 2.24) is 0 Å². The van der Waals surface area contributed by atoms with Crippen LogP contribution in [-0.4, -0.2) is 0 Å². The largest absolute Gasteiger partial charge is 0.0956 e. The average molecular weight is 206 g/mol. The van der Waals surface area contributed by atoms with Crippen LogP contribution in [0.15, 0.2) is 36.5 Å². The smallest absolute Gasteiger partial charge is 0.0225 e. The van der Waals surface area contributed by atoms with Crippen molar-refractivity contribution in [3.63, 3.8) is 0 Å². The minimum atomic E-state index is 0.555. The summed E-state index contributed by atoms with van der Waals surface area (Å²) < 4.78 is 0. The van der Waals surface area contributed by atoms with E-state index >= 15 is 0 Å². The van der Waals surface area contributed by atoms with Gasteiger partial charge in [0.2, 0.25) is 0 Å². The lowest BCUT2D eigenvalue weighted by atomic mass is 10.1. The molecule has 15 heavy (non-hydrogen) atoms. The summed E-state index contributed by atoms with van der Waals surface area (Å²) in [5.74, 6) is 0.555. The highest BCUT2D eigenvalue weighted by atomic mass is 14.0. The Labute approximate surface area is 95.8 Å². The Morgan fingerprint density at radius 2 is 1.87 bits per heavy atom. The fourth-order valence-corrected chi connectivity index (χ4v) is 1.24.